The lowest BCUT2D eigenvalue weighted by molar-refractivity contribution is -0.152. The summed E-state index contributed by atoms with van der Waals surface area (Å²) in [6, 6.07) is 0.615. The zero-order valence-electron chi connectivity index (χ0n) is 12.4. The lowest BCUT2D eigenvalue weighted by Crippen LogP contribution is -2.54. The molecule has 110 valence electrons. The second-order valence-corrected chi connectivity index (χ2v) is 6.56. The molecule has 0 radical (unpaired) electrons. The van der Waals surface area contributed by atoms with E-state index in [2.05, 4.69) is 4.90 Å². The maximum atomic E-state index is 11.4. The van der Waals surface area contributed by atoms with Crippen molar-refractivity contribution in [3.05, 3.63) is 0 Å². The smallest absolute Gasteiger partial charge is 0.309 e. The first-order valence-electron chi connectivity index (χ1n) is 7.54. The summed E-state index contributed by atoms with van der Waals surface area (Å²) in [4.78, 5) is 13.9. The van der Waals surface area contributed by atoms with E-state index in [1.165, 1.54) is 0 Å². The van der Waals surface area contributed by atoms with Crippen molar-refractivity contribution in [2.75, 3.05) is 19.7 Å². The van der Waals surface area contributed by atoms with Gasteiger partial charge in [0, 0.05) is 19.2 Å². The molecular weight excluding hydrogens is 242 g/mol. The number of ether oxygens (including phenoxy) is 1. The van der Waals surface area contributed by atoms with E-state index in [9.17, 15) is 9.90 Å². The van der Waals surface area contributed by atoms with Crippen LogP contribution in [0, 0.1) is 11.3 Å². The van der Waals surface area contributed by atoms with Gasteiger partial charge in [-0.05, 0) is 58.9 Å². The molecule has 1 saturated heterocycles. The van der Waals surface area contributed by atoms with E-state index in [1.54, 1.807) is 0 Å². The highest BCUT2D eigenvalue weighted by Crippen LogP contribution is 2.37. The Kier molecular flexibility index (Phi) is 4.51. The van der Waals surface area contributed by atoms with Crippen molar-refractivity contribution in [1.29, 1.82) is 0 Å². The fraction of sp³-hybridized carbons (Fsp3) is 0.933. The summed E-state index contributed by atoms with van der Waals surface area (Å²) in [7, 11) is 0. The molecule has 1 unspecified atom stereocenters. The highest BCUT2D eigenvalue weighted by Gasteiger charge is 2.42. The van der Waals surface area contributed by atoms with E-state index in [4.69, 9.17) is 4.74 Å². The third-order valence-electron chi connectivity index (χ3n) is 5.01. The second-order valence-electron chi connectivity index (χ2n) is 6.56. The Labute approximate surface area is 116 Å². The molecule has 4 nitrogen and oxygen atoms in total. The fourth-order valence-electron chi connectivity index (χ4n) is 3.31. The number of carboxylic acids is 1. The van der Waals surface area contributed by atoms with E-state index >= 15 is 0 Å². The number of aliphatic carboxylic acids is 1. The molecule has 0 aromatic rings. The molecule has 1 N–H and O–H groups in total. The molecule has 4 heteroatoms. The van der Waals surface area contributed by atoms with Crippen molar-refractivity contribution in [2.24, 2.45) is 11.3 Å². The topological polar surface area (TPSA) is 49.8 Å². The lowest BCUT2D eigenvalue weighted by atomic mass is 9.73. The van der Waals surface area contributed by atoms with Crippen LogP contribution in [0.1, 0.15) is 46.5 Å². The predicted octanol–water partition coefficient (Wildman–Crippen LogP) is 2.38. The van der Waals surface area contributed by atoms with E-state index in [1.807, 2.05) is 20.8 Å². The summed E-state index contributed by atoms with van der Waals surface area (Å²) < 4.78 is 5.61. The molecule has 0 bridgehead atoms. The Balaban J connectivity index is 1.87. The number of hydrogen-bond acceptors (Lipinski definition) is 3. The van der Waals surface area contributed by atoms with Gasteiger partial charge in [-0.25, -0.2) is 0 Å². The molecule has 0 spiro atoms. The molecular formula is C15H27NO3. The van der Waals surface area contributed by atoms with Gasteiger partial charge in [0.05, 0.1) is 11.5 Å². The van der Waals surface area contributed by atoms with Gasteiger partial charge in [0.15, 0.2) is 0 Å². The maximum absolute atomic E-state index is 11.4. The van der Waals surface area contributed by atoms with Crippen molar-refractivity contribution in [3.63, 3.8) is 0 Å². The van der Waals surface area contributed by atoms with Gasteiger partial charge < -0.3 is 9.84 Å². The first kappa shape index (κ1) is 14.8. The van der Waals surface area contributed by atoms with Crippen LogP contribution < -0.4 is 0 Å². The van der Waals surface area contributed by atoms with Crippen LogP contribution in [0.25, 0.3) is 0 Å². The van der Waals surface area contributed by atoms with Gasteiger partial charge in [-0.2, -0.15) is 0 Å². The third-order valence-corrected chi connectivity index (χ3v) is 5.01. The number of rotatable bonds is 5. The third kappa shape index (κ3) is 3.11. The zero-order chi connectivity index (χ0) is 14.0. The fourth-order valence-corrected chi connectivity index (χ4v) is 3.31. The number of carboxylic acid groups (broad SMARTS) is 1. The number of hydrogen-bond donors (Lipinski definition) is 1. The highest BCUT2D eigenvalue weighted by atomic mass is 16.5. The van der Waals surface area contributed by atoms with Crippen LogP contribution in [0.15, 0.2) is 0 Å². The minimum Gasteiger partial charge on any atom is -0.481 e. The Bertz CT molecular complexity index is 323. The Morgan fingerprint density at radius 1 is 1.42 bits per heavy atom. The monoisotopic (exact) mass is 269 g/mol. The molecule has 2 fully saturated rings. The standard InChI is InChI=1S/C15H27NO3/c1-4-19-13-8-12(9-13)16-7-5-6-11(10-16)15(2,3)14(17)18/h11-13H,4-10H2,1-3H3,(H,17,18). The molecule has 1 atom stereocenters. The summed E-state index contributed by atoms with van der Waals surface area (Å²) in [5.74, 6) is -0.398. The summed E-state index contributed by atoms with van der Waals surface area (Å²) in [5, 5.41) is 9.36. The van der Waals surface area contributed by atoms with Crippen LogP contribution in [-0.2, 0) is 9.53 Å². The van der Waals surface area contributed by atoms with Crippen LogP contribution in [0.5, 0.6) is 0 Å². The van der Waals surface area contributed by atoms with Crippen molar-refractivity contribution in [3.8, 4) is 0 Å². The van der Waals surface area contributed by atoms with Crippen molar-refractivity contribution in [1.82, 2.24) is 4.90 Å². The first-order chi connectivity index (χ1) is 8.95. The van der Waals surface area contributed by atoms with Crippen LogP contribution in [0.3, 0.4) is 0 Å². The molecule has 0 aromatic heterocycles. The normalized spacial score (nSPS) is 32.9. The molecule has 1 aliphatic heterocycles. The molecule has 0 amide bonds. The molecule has 1 heterocycles. The number of piperidine rings is 1. The average Bonchev–Trinajstić information content (AvgIpc) is 2.33. The molecule has 0 aromatic carbocycles. The predicted molar refractivity (Wildman–Crippen MR) is 74.1 cm³/mol. The van der Waals surface area contributed by atoms with Gasteiger partial charge in [0.2, 0.25) is 0 Å². The average molecular weight is 269 g/mol. The molecule has 2 rings (SSSR count). The Morgan fingerprint density at radius 3 is 2.68 bits per heavy atom. The van der Waals surface area contributed by atoms with Gasteiger partial charge in [-0.3, -0.25) is 9.69 Å². The first-order valence-corrected chi connectivity index (χ1v) is 7.54. The van der Waals surface area contributed by atoms with Gasteiger partial charge in [0.25, 0.3) is 0 Å². The largest absolute Gasteiger partial charge is 0.481 e. The molecule has 19 heavy (non-hydrogen) atoms. The summed E-state index contributed by atoms with van der Waals surface area (Å²) in [6.45, 7) is 8.63. The van der Waals surface area contributed by atoms with Crippen molar-refractivity contribution < 1.29 is 14.6 Å². The SMILES string of the molecule is CCOC1CC(N2CCCC(C(C)(C)C(=O)O)C2)C1. The van der Waals surface area contributed by atoms with E-state index in [-0.39, 0.29) is 5.92 Å². The van der Waals surface area contributed by atoms with Crippen molar-refractivity contribution in [2.45, 2.75) is 58.6 Å². The van der Waals surface area contributed by atoms with Gasteiger partial charge in [0.1, 0.15) is 0 Å². The second kappa shape index (κ2) is 5.80. The minimum absolute atomic E-state index is 0.268. The molecule has 1 saturated carbocycles. The van der Waals surface area contributed by atoms with Gasteiger partial charge in [-0.15, -0.1) is 0 Å². The van der Waals surface area contributed by atoms with Crippen LogP contribution >= 0.6 is 0 Å². The number of likely N-dealkylation sites (tertiary alicyclic amines) is 1. The Morgan fingerprint density at radius 2 is 2.11 bits per heavy atom. The van der Waals surface area contributed by atoms with Gasteiger partial charge >= 0.3 is 5.97 Å². The number of nitrogens with zero attached hydrogens (tertiary/aromatic N) is 1. The van der Waals surface area contributed by atoms with Crippen LogP contribution in [-0.4, -0.2) is 47.8 Å². The zero-order valence-corrected chi connectivity index (χ0v) is 12.4. The maximum Gasteiger partial charge on any atom is 0.309 e. The van der Waals surface area contributed by atoms with E-state index in [0.717, 1.165) is 45.4 Å². The lowest BCUT2D eigenvalue weighted by Gasteiger charge is -2.48. The summed E-state index contributed by atoms with van der Waals surface area (Å²) in [5.41, 5.74) is -0.609. The minimum atomic E-state index is -0.667. The Hall–Kier alpha value is -0.610. The molecule has 1 aliphatic carbocycles. The van der Waals surface area contributed by atoms with E-state index < -0.39 is 11.4 Å². The highest BCUT2D eigenvalue weighted by molar-refractivity contribution is 5.74. The summed E-state index contributed by atoms with van der Waals surface area (Å²) >= 11 is 0. The quantitative estimate of drug-likeness (QED) is 0.832. The van der Waals surface area contributed by atoms with Gasteiger partial charge in [-0.1, -0.05) is 0 Å². The summed E-state index contributed by atoms with van der Waals surface area (Å²) in [6.07, 6.45) is 4.83. The van der Waals surface area contributed by atoms with Crippen molar-refractivity contribution >= 4 is 5.97 Å². The van der Waals surface area contributed by atoms with Crippen LogP contribution in [0.2, 0.25) is 0 Å². The number of carbonyl (C=O) groups is 1. The van der Waals surface area contributed by atoms with Crippen LogP contribution in [0.4, 0.5) is 0 Å². The van der Waals surface area contributed by atoms with E-state index in [0.29, 0.717) is 12.1 Å². The molecule has 2 aliphatic rings.